The summed E-state index contributed by atoms with van der Waals surface area (Å²) >= 11 is 0. The highest BCUT2D eigenvalue weighted by Gasteiger charge is 2.28. The third kappa shape index (κ3) is 5.11. The zero-order chi connectivity index (χ0) is 19.7. The highest BCUT2D eigenvalue weighted by Crippen LogP contribution is 2.25. The number of nitrogens with zero attached hydrogens (tertiary/aromatic N) is 2. The number of likely N-dealkylation sites (tertiary alicyclic amines) is 1. The van der Waals surface area contributed by atoms with Crippen LogP contribution in [0.25, 0.3) is 0 Å². The van der Waals surface area contributed by atoms with Gasteiger partial charge in [0.15, 0.2) is 0 Å². The number of amides is 2. The van der Waals surface area contributed by atoms with Crippen LogP contribution in [0.1, 0.15) is 19.3 Å². The van der Waals surface area contributed by atoms with E-state index in [2.05, 4.69) is 10.0 Å². The number of urea groups is 1. The minimum atomic E-state index is -3.32. The van der Waals surface area contributed by atoms with Crippen LogP contribution in [0, 0.1) is 0 Å². The summed E-state index contributed by atoms with van der Waals surface area (Å²) in [5, 5.41) is 2.78. The van der Waals surface area contributed by atoms with Crippen molar-refractivity contribution in [2.45, 2.75) is 25.3 Å². The number of nitrogens with one attached hydrogen (secondary N) is 2. The van der Waals surface area contributed by atoms with Crippen molar-refractivity contribution in [3.8, 4) is 0 Å². The SMILES string of the molecule is CS(=O)(=O)N[C@H]1CCCN(C(=O)Nc2ccc(N3CCCS3(=O)=O)cc2)C1. The molecule has 2 amide bonds. The zero-order valence-corrected chi connectivity index (χ0v) is 16.7. The van der Waals surface area contributed by atoms with Gasteiger partial charge in [-0.1, -0.05) is 0 Å². The van der Waals surface area contributed by atoms with E-state index in [4.69, 9.17) is 0 Å². The van der Waals surface area contributed by atoms with Crippen LogP contribution in [0.15, 0.2) is 24.3 Å². The second kappa shape index (κ2) is 7.64. The monoisotopic (exact) mass is 416 g/mol. The molecular formula is C16H24N4O5S2. The number of hydrogen-bond donors (Lipinski definition) is 2. The highest BCUT2D eigenvalue weighted by molar-refractivity contribution is 7.93. The number of carbonyl (C=O) groups is 1. The van der Waals surface area contributed by atoms with Gasteiger partial charge in [-0.05, 0) is 43.5 Å². The van der Waals surface area contributed by atoms with Crippen molar-refractivity contribution in [1.29, 1.82) is 0 Å². The molecule has 2 heterocycles. The average molecular weight is 417 g/mol. The normalized spacial score (nSPS) is 22.6. The molecule has 2 saturated heterocycles. The van der Waals surface area contributed by atoms with Crippen LogP contribution in [0.2, 0.25) is 0 Å². The predicted octanol–water partition coefficient (Wildman–Crippen LogP) is 0.772. The van der Waals surface area contributed by atoms with Gasteiger partial charge in [0.2, 0.25) is 20.0 Å². The Bertz CT molecular complexity index is 899. The van der Waals surface area contributed by atoms with E-state index in [1.165, 1.54) is 4.31 Å². The van der Waals surface area contributed by atoms with Crippen molar-refractivity contribution in [3.63, 3.8) is 0 Å². The molecule has 2 aliphatic heterocycles. The first-order valence-corrected chi connectivity index (χ1v) is 12.3. The molecule has 0 unspecified atom stereocenters. The van der Waals surface area contributed by atoms with E-state index in [-0.39, 0.29) is 17.8 Å². The van der Waals surface area contributed by atoms with E-state index in [0.717, 1.165) is 6.26 Å². The van der Waals surface area contributed by atoms with Gasteiger partial charge in [-0.3, -0.25) is 4.31 Å². The Kier molecular flexibility index (Phi) is 5.63. The molecule has 2 fully saturated rings. The van der Waals surface area contributed by atoms with Gasteiger partial charge >= 0.3 is 6.03 Å². The molecule has 27 heavy (non-hydrogen) atoms. The van der Waals surface area contributed by atoms with Crippen LogP contribution in [0.4, 0.5) is 16.2 Å². The van der Waals surface area contributed by atoms with Crippen LogP contribution in [-0.2, 0) is 20.0 Å². The van der Waals surface area contributed by atoms with Crippen LogP contribution in [0.3, 0.4) is 0 Å². The fourth-order valence-electron chi connectivity index (χ4n) is 3.40. The first kappa shape index (κ1) is 19.9. The van der Waals surface area contributed by atoms with Crippen LogP contribution >= 0.6 is 0 Å². The van der Waals surface area contributed by atoms with Gasteiger partial charge in [-0.15, -0.1) is 0 Å². The first-order valence-electron chi connectivity index (χ1n) is 8.78. The lowest BCUT2D eigenvalue weighted by Crippen LogP contribution is -2.50. The maximum absolute atomic E-state index is 12.5. The summed E-state index contributed by atoms with van der Waals surface area (Å²) in [6.07, 6.45) is 3.12. The fraction of sp³-hybridized carbons (Fsp3) is 0.562. The number of carbonyl (C=O) groups excluding carboxylic acids is 1. The van der Waals surface area contributed by atoms with Crippen molar-refractivity contribution in [1.82, 2.24) is 9.62 Å². The standard InChI is InChI=1S/C16H24N4O5S2/c1-26(22,23)18-14-4-2-9-19(12-14)16(21)17-13-5-7-15(8-6-13)20-10-3-11-27(20,24)25/h5-8,14,18H,2-4,9-12H2,1H3,(H,17,21)/t14-/m0/s1. The van der Waals surface area contributed by atoms with Crippen molar-refractivity contribution in [2.24, 2.45) is 0 Å². The number of anilines is 2. The van der Waals surface area contributed by atoms with Gasteiger partial charge in [-0.2, -0.15) is 0 Å². The average Bonchev–Trinajstić information content (AvgIpc) is 2.93. The quantitative estimate of drug-likeness (QED) is 0.752. The molecule has 9 nitrogen and oxygen atoms in total. The summed E-state index contributed by atoms with van der Waals surface area (Å²) in [5.74, 6) is 0.156. The Balaban J connectivity index is 1.61. The number of hydrogen-bond acceptors (Lipinski definition) is 5. The van der Waals surface area contributed by atoms with Crippen LogP contribution in [0.5, 0.6) is 0 Å². The number of piperidine rings is 1. The maximum Gasteiger partial charge on any atom is 0.321 e. The van der Waals surface area contributed by atoms with Crippen LogP contribution < -0.4 is 14.3 Å². The molecule has 3 rings (SSSR count). The summed E-state index contributed by atoms with van der Waals surface area (Å²) < 4.78 is 50.6. The second-order valence-electron chi connectivity index (χ2n) is 6.89. The van der Waals surface area contributed by atoms with Gasteiger partial charge < -0.3 is 10.2 Å². The smallest absolute Gasteiger partial charge is 0.321 e. The molecule has 0 radical (unpaired) electrons. The van der Waals surface area contributed by atoms with E-state index >= 15 is 0 Å². The third-order valence-corrected chi connectivity index (χ3v) is 7.23. The lowest BCUT2D eigenvalue weighted by molar-refractivity contribution is 0.190. The van der Waals surface area contributed by atoms with Gasteiger partial charge in [-0.25, -0.2) is 26.4 Å². The summed E-state index contributed by atoms with van der Waals surface area (Å²) in [4.78, 5) is 14.0. The van der Waals surface area contributed by atoms with Gasteiger partial charge in [0, 0.05) is 31.4 Å². The van der Waals surface area contributed by atoms with Gasteiger partial charge in [0.25, 0.3) is 0 Å². The number of sulfonamides is 2. The molecule has 2 aliphatic rings. The molecule has 0 spiro atoms. The van der Waals surface area contributed by atoms with E-state index in [1.807, 2.05) is 0 Å². The summed E-state index contributed by atoms with van der Waals surface area (Å²) in [7, 11) is -6.55. The topological polar surface area (TPSA) is 116 Å². The van der Waals surface area contributed by atoms with Gasteiger partial charge in [0.05, 0.1) is 17.7 Å². The largest absolute Gasteiger partial charge is 0.323 e. The molecule has 0 saturated carbocycles. The molecule has 1 aromatic rings. The van der Waals surface area contributed by atoms with Crippen molar-refractivity contribution < 1.29 is 21.6 Å². The highest BCUT2D eigenvalue weighted by atomic mass is 32.2. The lowest BCUT2D eigenvalue weighted by atomic mass is 10.1. The molecule has 150 valence electrons. The fourth-order valence-corrected chi connectivity index (χ4v) is 5.77. The molecule has 0 aromatic heterocycles. The molecule has 1 aromatic carbocycles. The summed E-state index contributed by atoms with van der Waals surface area (Å²) in [5.41, 5.74) is 1.14. The Labute approximate surface area is 159 Å². The Morgan fingerprint density at radius 2 is 1.85 bits per heavy atom. The molecule has 11 heteroatoms. The molecular weight excluding hydrogens is 392 g/mol. The van der Waals surface area contributed by atoms with Crippen LogP contribution in [-0.4, -0.2) is 65.5 Å². The Morgan fingerprint density at radius 3 is 2.44 bits per heavy atom. The molecule has 0 aliphatic carbocycles. The van der Waals surface area contributed by atoms with Crippen molar-refractivity contribution in [2.75, 3.05) is 41.3 Å². The number of rotatable bonds is 4. The minimum Gasteiger partial charge on any atom is -0.323 e. The third-order valence-electron chi connectivity index (χ3n) is 4.60. The Hall–Kier alpha value is -1.85. The molecule has 1 atom stereocenters. The molecule has 0 bridgehead atoms. The zero-order valence-electron chi connectivity index (χ0n) is 15.1. The molecule has 2 N–H and O–H groups in total. The van der Waals surface area contributed by atoms with E-state index in [0.29, 0.717) is 50.3 Å². The van der Waals surface area contributed by atoms with E-state index < -0.39 is 20.0 Å². The predicted molar refractivity (Wildman–Crippen MR) is 104 cm³/mol. The second-order valence-corrected chi connectivity index (χ2v) is 10.7. The van der Waals surface area contributed by atoms with Gasteiger partial charge in [0.1, 0.15) is 0 Å². The maximum atomic E-state index is 12.5. The summed E-state index contributed by atoms with van der Waals surface area (Å²) in [6.45, 7) is 1.33. The van der Waals surface area contributed by atoms with E-state index in [9.17, 15) is 21.6 Å². The van der Waals surface area contributed by atoms with Crippen molar-refractivity contribution in [3.05, 3.63) is 24.3 Å². The van der Waals surface area contributed by atoms with E-state index in [1.54, 1.807) is 29.2 Å². The summed E-state index contributed by atoms with van der Waals surface area (Å²) in [6, 6.07) is 6.07. The lowest BCUT2D eigenvalue weighted by Gasteiger charge is -2.32. The van der Waals surface area contributed by atoms with Crippen molar-refractivity contribution >= 4 is 37.5 Å². The first-order chi connectivity index (χ1) is 12.6. The number of benzene rings is 1. The Morgan fingerprint density at radius 1 is 1.15 bits per heavy atom. The minimum absolute atomic E-state index is 0.156.